The van der Waals surface area contributed by atoms with Crippen LogP contribution in [0.3, 0.4) is 0 Å². The van der Waals surface area contributed by atoms with Gasteiger partial charge in [0.1, 0.15) is 6.61 Å². The monoisotopic (exact) mass is 465 g/mol. The molecule has 0 amide bonds. The number of carboxylic acids is 1. The molecule has 0 radical (unpaired) electrons. The number of benzene rings is 2. The number of phenols is 1. The fourth-order valence-electron chi connectivity index (χ4n) is 6.58. The zero-order chi connectivity index (χ0) is 24.0. The molecule has 7 heteroatoms. The number of methoxy groups -OCH3 is 1. The van der Waals surface area contributed by atoms with Crippen LogP contribution >= 0.6 is 0 Å². The van der Waals surface area contributed by atoms with E-state index in [2.05, 4.69) is 12.1 Å². The van der Waals surface area contributed by atoms with Gasteiger partial charge in [0.2, 0.25) is 0 Å². The number of aliphatic hydroxyl groups is 1. The largest absolute Gasteiger partial charge is 0.504 e. The number of nitrogens with zero attached hydrogens (tertiary/aromatic N) is 1. The van der Waals surface area contributed by atoms with E-state index >= 15 is 0 Å². The van der Waals surface area contributed by atoms with E-state index in [4.69, 9.17) is 14.7 Å². The lowest BCUT2D eigenvalue weighted by Crippen LogP contribution is -2.45. The van der Waals surface area contributed by atoms with Crippen LogP contribution in [0.4, 0.5) is 0 Å². The van der Waals surface area contributed by atoms with Crippen molar-refractivity contribution in [3.63, 3.8) is 0 Å². The molecule has 2 aromatic carbocycles. The van der Waals surface area contributed by atoms with Crippen LogP contribution in [0.1, 0.15) is 72.0 Å². The van der Waals surface area contributed by atoms with Gasteiger partial charge in [-0.3, -0.25) is 0 Å². The number of hydrogen-bond acceptors (Lipinski definition) is 6. The Morgan fingerprint density at radius 3 is 2.65 bits per heavy atom. The van der Waals surface area contributed by atoms with Crippen LogP contribution in [0.5, 0.6) is 11.5 Å². The van der Waals surface area contributed by atoms with Crippen LogP contribution in [-0.4, -0.2) is 40.2 Å². The van der Waals surface area contributed by atoms with Gasteiger partial charge < -0.3 is 24.9 Å². The molecule has 0 unspecified atom stereocenters. The molecule has 2 fully saturated rings. The summed E-state index contributed by atoms with van der Waals surface area (Å²) >= 11 is 0. The highest BCUT2D eigenvalue weighted by Gasteiger charge is 2.55. The molecule has 3 aliphatic carbocycles. The lowest BCUT2D eigenvalue weighted by atomic mass is 9.55. The molecule has 2 aromatic rings. The quantitative estimate of drug-likeness (QED) is 0.553. The second-order valence-electron chi connectivity index (χ2n) is 10.1. The molecule has 7 nitrogen and oxygen atoms in total. The van der Waals surface area contributed by atoms with Crippen molar-refractivity contribution in [1.82, 2.24) is 0 Å². The van der Waals surface area contributed by atoms with Gasteiger partial charge in [-0.05, 0) is 90.7 Å². The molecule has 3 aliphatic rings. The van der Waals surface area contributed by atoms with E-state index in [1.807, 2.05) is 6.07 Å². The fraction of sp³-hybridized carbons (Fsp3) is 0.481. The molecule has 0 spiro atoms. The molecule has 0 bridgehead atoms. The summed E-state index contributed by atoms with van der Waals surface area (Å²) in [6.45, 7) is 2.45. The Bertz CT molecular complexity index is 1130. The Hall–Kier alpha value is -3.06. The molecule has 2 saturated carbocycles. The summed E-state index contributed by atoms with van der Waals surface area (Å²) in [6.07, 6.45) is 4.28. The zero-order valence-electron chi connectivity index (χ0n) is 19.5. The molecule has 5 rings (SSSR count). The second-order valence-corrected chi connectivity index (χ2v) is 10.1. The Labute approximate surface area is 199 Å². The second kappa shape index (κ2) is 8.62. The smallest absolute Gasteiger partial charge is 0.335 e. The third-order valence-corrected chi connectivity index (χ3v) is 8.48. The van der Waals surface area contributed by atoms with Crippen molar-refractivity contribution < 1.29 is 29.7 Å². The molecular weight excluding hydrogens is 434 g/mol. The van der Waals surface area contributed by atoms with E-state index < -0.39 is 5.97 Å². The summed E-state index contributed by atoms with van der Waals surface area (Å²) in [6, 6.07) is 10.2. The van der Waals surface area contributed by atoms with Crippen LogP contribution in [-0.2, 0) is 11.4 Å². The number of rotatable bonds is 5. The number of aromatic carboxylic acids is 1. The van der Waals surface area contributed by atoms with Crippen molar-refractivity contribution in [2.75, 3.05) is 7.11 Å². The number of oxime groups is 1. The van der Waals surface area contributed by atoms with Gasteiger partial charge >= 0.3 is 5.97 Å². The lowest BCUT2D eigenvalue weighted by Gasteiger charge is -2.50. The van der Waals surface area contributed by atoms with Gasteiger partial charge in [0, 0.05) is 5.56 Å². The SMILES string of the molecule is COc1cc2c(cc1O)/C(=N/OCc1ccc(C(=O)O)cc1)C[C@@H]1[C@@H]2CC[C@]2(C)[C@@H](O)CC[C@@H]12. The summed E-state index contributed by atoms with van der Waals surface area (Å²) in [4.78, 5) is 16.8. The molecule has 3 N–H and O–H groups in total. The van der Waals surface area contributed by atoms with Crippen molar-refractivity contribution >= 4 is 11.7 Å². The van der Waals surface area contributed by atoms with E-state index in [0.717, 1.165) is 54.5 Å². The average Bonchev–Trinajstić information content (AvgIpc) is 3.13. The minimum absolute atomic E-state index is 0.0719. The van der Waals surface area contributed by atoms with Crippen molar-refractivity contribution in [1.29, 1.82) is 0 Å². The Morgan fingerprint density at radius 2 is 1.94 bits per heavy atom. The molecule has 0 heterocycles. The number of carboxylic acid groups (broad SMARTS) is 1. The molecule has 5 atom stereocenters. The number of aromatic hydroxyl groups is 1. The Kier molecular flexibility index (Phi) is 5.76. The zero-order valence-corrected chi connectivity index (χ0v) is 19.5. The van der Waals surface area contributed by atoms with Crippen molar-refractivity contribution in [2.45, 2.75) is 57.7 Å². The minimum atomic E-state index is -0.965. The predicted molar refractivity (Wildman–Crippen MR) is 126 cm³/mol. The number of ether oxygens (including phenoxy) is 1. The van der Waals surface area contributed by atoms with Crippen molar-refractivity contribution in [3.8, 4) is 11.5 Å². The maximum absolute atomic E-state index is 11.1. The van der Waals surface area contributed by atoms with Gasteiger partial charge in [-0.25, -0.2) is 4.79 Å². The summed E-state index contributed by atoms with van der Waals surface area (Å²) in [5.41, 5.74) is 3.79. The van der Waals surface area contributed by atoms with E-state index in [1.54, 1.807) is 37.4 Å². The minimum Gasteiger partial charge on any atom is -0.504 e. The molecule has 0 aromatic heterocycles. The highest BCUT2D eigenvalue weighted by Crippen LogP contribution is 2.61. The number of phenolic OH excluding ortho intramolecular Hbond substituents is 1. The van der Waals surface area contributed by atoms with Gasteiger partial charge in [-0.2, -0.15) is 0 Å². The third kappa shape index (κ3) is 3.72. The van der Waals surface area contributed by atoms with Crippen LogP contribution in [0, 0.1) is 17.3 Å². The topological polar surface area (TPSA) is 109 Å². The summed E-state index contributed by atoms with van der Waals surface area (Å²) in [7, 11) is 1.56. The van der Waals surface area contributed by atoms with Crippen LogP contribution in [0.15, 0.2) is 41.6 Å². The van der Waals surface area contributed by atoms with Crippen molar-refractivity contribution in [2.24, 2.45) is 22.4 Å². The Morgan fingerprint density at radius 1 is 1.18 bits per heavy atom. The normalized spacial score (nSPS) is 30.9. The molecule has 180 valence electrons. The van der Waals surface area contributed by atoms with Crippen molar-refractivity contribution in [3.05, 3.63) is 58.7 Å². The van der Waals surface area contributed by atoms with E-state index in [-0.39, 0.29) is 29.4 Å². The summed E-state index contributed by atoms with van der Waals surface area (Å²) in [5, 5.41) is 34.8. The predicted octanol–water partition coefficient (Wildman–Crippen LogP) is 4.69. The van der Waals surface area contributed by atoms with Gasteiger partial charge in [0.25, 0.3) is 0 Å². The third-order valence-electron chi connectivity index (χ3n) is 8.48. The number of hydrogen-bond donors (Lipinski definition) is 3. The van der Waals surface area contributed by atoms with E-state index in [0.29, 0.717) is 23.5 Å². The molecule has 0 aliphatic heterocycles. The first-order chi connectivity index (χ1) is 16.3. The average molecular weight is 466 g/mol. The Balaban J connectivity index is 1.46. The number of aliphatic hydroxyl groups excluding tert-OH is 1. The maximum Gasteiger partial charge on any atom is 0.335 e. The summed E-state index contributed by atoms with van der Waals surface area (Å²) in [5.74, 6) is 0.646. The first-order valence-electron chi connectivity index (χ1n) is 11.9. The van der Waals surface area contributed by atoms with E-state index in [1.165, 1.54) is 0 Å². The first-order valence-corrected chi connectivity index (χ1v) is 11.9. The van der Waals surface area contributed by atoms with Crippen LogP contribution in [0.25, 0.3) is 0 Å². The lowest BCUT2D eigenvalue weighted by molar-refractivity contribution is -0.0180. The molecule has 0 saturated heterocycles. The number of fused-ring (bicyclic) bond motifs is 5. The first kappa shape index (κ1) is 22.7. The highest BCUT2D eigenvalue weighted by atomic mass is 16.6. The highest BCUT2D eigenvalue weighted by molar-refractivity contribution is 6.03. The molecular formula is C27H31NO6. The van der Waals surface area contributed by atoms with Gasteiger partial charge in [-0.15, -0.1) is 0 Å². The molecule has 34 heavy (non-hydrogen) atoms. The maximum atomic E-state index is 11.1. The summed E-state index contributed by atoms with van der Waals surface area (Å²) < 4.78 is 5.41. The standard InChI is InChI=1S/C27H31NO6/c1-27-10-9-17-18-13-24(33-2)23(29)12-20(18)22(11-19(17)21(27)7-8-25(27)30)28-34-14-15-3-5-16(6-4-15)26(31)32/h3-6,12-13,17,19,21,25,29-30H,7-11,14H2,1-2H3,(H,31,32)/b28-22+/t17-,19-,21+,25+,27+/m1/s1. The van der Waals surface area contributed by atoms with Gasteiger partial charge in [0.15, 0.2) is 11.5 Å². The van der Waals surface area contributed by atoms with Crippen LogP contribution in [0.2, 0.25) is 0 Å². The number of carbonyl (C=O) groups is 1. The van der Waals surface area contributed by atoms with Crippen LogP contribution < -0.4 is 4.74 Å². The van der Waals surface area contributed by atoms with E-state index in [9.17, 15) is 15.0 Å². The van der Waals surface area contributed by atoms with Gasteiger partial charge in [0.05, 0.1) is 24.5 Å². The fourth-order valence-corrected chi connectivity index (χ4v) is 6.58. The van der Waals surface area contributed by atoms with Gasteiger partial charge in [-0.1, -0.05) is 24.2 Å².